The molecule has 0 aliphatic carbocycles. The second kappa shape index (κ2) is 7.21. The molecule has 2 N–H and O–H groups in total. The molecule has 0 fully saturated rings. The summed E-state index contributed by atoms with van der Waals surface area (Å²) in [5, 5.41) is 3.78. The highest BCUT2D eigenvalue weighted by molar-refractivity contribution is 7.99. The Kier molecular flexibility index (Phi) is 4.62. The SMILES string of the molecule is CCn1c(SCC(=O)NCc2nc3ccccc3[nH]2)nc2ccccc21. The highest BCUT2D eigenvalue weighted by Crippen LogP contribution is 2.23. The Morgan fingerprint density at radius 3 is 2.69 bits per heavy atom. The number of rotatable bonds is 6. The Labute approximate surface area is 155 Å². The van der Waals surface area contributed by atoms with E-state index in [0.29, 0.717) is 12.3 Å². The molecule has 4 rings (SSSR count). The number of carbonyl (C=O) groups is 1. The number of aryl methyl sites for hydroxylation is 1. The molecule has 6 nitrogen and oxygen atoms in total. The first kappa shape index (κ1) is 16.7. The fourth-order valence-corrected chi connectivity index (χ4v) is 3.83. The predicted octanol–water partition coefficient (Wildman–Crippen LogP) is 3.34. The van der Waals surface area contributed by atoms with Crippen molar-refractivity contribution in [2.75, 3.05) is 5.75 Å². The number of carbonyl (C=O) groups excluding carboxylic acids is 1. The van der Waals surface area contributed by atoms with E-state index in [1.807, 2.05) is 42.5 Å². The van der Waals surface area contributed by atoms with Crippen LogP contribution in [0, 0.1) is 0 Å². The summed E-state index contributed by atoms with van der Waals surface area (Å²) in [4.78, 5) is 24.5. The molecule has 0 saturated heterocycles. The monoisotopic (exact) mass is 365 g/mol. The van der Waals surface area contributed by atoms with Gasteiger partial charge in [0.25, 0.3) is 0 Å². The van der Waals surface area contributed by atoms with E-state index in [9.17, 15) is 4.79 Å². The Morgan fingerprint density at radius 1 is 1.12 bits per heavy atom. The largest absolute Gasteiger partial charge is 0.348 e. The topological polar surface area (TPSA) is 75.6 Å². The zero-order chi connectivity index (χ0) is 17.9. The molecule has 2 aromatic heterocycles. The van der Waals surface area contributed by atoms with E-state index in [4.69, 9.17) is 0 Å². The lowest BCUT2D eigenvalue weighted by Crippen LogP contribution is -2.25. The van der Waals surface area contributed by atoms with Crippen LogP contribution in [0.1, 0.15) is 12.7 Å². The molecule has 0 aliphatic rings. The minimum absolute atomic E-state index is 0.0369. The molecule has 7 heteroatoms. The number of amides is 1. The van der Waals surface area contributed by atoms with Gasteiger partial charge >= 0.3 is 0 Å². The summed E-state index contributed by atoms with van der Waals surface area (Å²) in [6.45, 7) is 3.29. The summed E-state index contributed by atoms with van der Waals surface area (Å²) in [6, 6.07) is 15.8. The third kappa shape index (κ3) is 3.30. The maximum Gasteiger partial charge on any atom is 0.230 e. The van der Waals surface area contributed by atoms with Gasteiger partial charge in [-0.05, 0) is 31.2 Å². The van der Waals surface area contributed by atoms with E-state index in [1.165, 1.54) is 11.8 Å². The molecule has 0 saturated carbocycles. The van der Waals surface area contributed by atoms with Gasteiger partial charge in [0.15, 0.2) is 5.16 Å². The van der Waals surface area contributed by atoms with E-state index in [1.54, 1.807) is 0 Å². The first-order valence-electron chi connectivity index (χ1n) is 8.53. The standard InChI is InChI=1S/C19H19N5OS/c1-2-24-16-10-6-5-9-15(16)23-19(24)26-12-18(25)20-11-17-21-13-7-3-4-8-14(13)22-17/h3-10H,2,11-12H2,1H3,(H,20,25)(H,21,22). The van der Waals surface area contributed by atoms with Crippen molar-refractivity contribution in [3.63, 3.8) is 0 Å². The van der Waals surface area contributed by atoms with Crippen molar-refractivity contribution in [2.45, 2.75) is 25.2 Å². The molecule has 26 heavy (non-hydrogen) atoms. The van der Waals surface area contributed by atoms with Crippen LogP contribution in [0.15, 0.2) is 53.7 Å². The fourth-order valence-electron chi connectivity index (χ4n) is 2.92. The highest BCUT2D eigenvalue weighted by atomic mass is 32.2. The van der Waals surface area contributed by atoms with E-state index < -0.39 is 0 Å². The van der Waals surface area contributed by atoms with Gasteiger partial charge < -0.3 is 14.9 Å². The first-order chi connectivity index (χ1) is 12.7. The number of hydrogen-bond donors (Lipinski definition) is 2. The summed E-state index contributed by atoms with van der Waals surface area (Å²) in [7, 11) is 0. The van der Waals surface area contributed by atoms with E-state index in [0.717, 1.165) is 39.6 Å². The second-order valence-electron chi connectivity index (χ2n) is 5.89. The van der Waals surface area contributed by atoms with Crippen molar-refractivity contribution in [1.82, 2.24) is 24.8 Å². The average molecular weight is 365 g/mol. The van der Waals surface area contributed by atoms with E-state index >= 15 is 0 Å². The number of aromatic amines is 1. The number of nitrogens with zero attached hydrogens (tertiary/aromatic N) is 3. The summed E-state index contributed by atoms with van der Waals surface area (Å²) in [5.41, 5.74) is 3.94. The lowest BCUT2D eigenvalue weighted by molar-refractivity contribution is -0.118. The molecule has 2 heterocycles. The zero-order valence-corrected chi connectivity index (χ0v) is 15.2. The van der Waals surface area contributed by atoms with E-state index in [2.05, 4.69) is 37.8 Å². The minimum Gasteiger partial charge on any atom is -0.348 e. The quantitative estimate of drug-likeness (QED) is 0.514. The van der Waals surface area contributed by atoms with Crippen molar-refractivity contribution in [1.29, 1.82) is 0 Å². The molecular weight excluding hydrogens is 346 g/mol. The van der Waals surface area contributed by atoms with Crippen LogP contribution in [-0.4, -0.2) is 31.2 Å². The minimum atomic E-state index is -0.0369. The number of fused-ring (bicyclic) bond motifs is 2. The van der Waals surface area contributed by atoms with Crippen LogP contribution < -0.4 is 5.32 Å². The van der Waals surface area contributed by atoms with E-state index in [-0.39, 0.29) is 5.91 Å². The first-order valence-corrected chi connectivity index (χ1v) is 9.51. The molecule has 0 unspecified atom stereocenters. The molecule has 0 radical (unpaired) electrons. The second-order valence-corrected chi connectivity index (χ2v) is 6.84. The maximum atomic E-state index is 12.2. The van der Waals surface area contributed by atoms with Gasteiger partial charge in [0.05, 0.1) is 34.4 Å². The number of imidazole rings is 2. The van der Waals surface area contributed by atoms with Crippen molar-refractivity contribution >= 4 is 39.7 Å². The summed E-state index contributed by atoms with van der Waals surface area (Å²) in [6.07, 6.45) is 0. The average Bonchev–Trinajstić information content (AvgIpc) is 3.24. The van der Waals surface area contributed by atoms with Crippen LogP contribution in [0.2, 0.25) is 0 Å². The van der Waals surface area contributed by atoms with Crippen molar-refractivity contribution in [3.05, 3.63) is 54.4 Å². The molecule has 0 atom stereocenters. The Morgan fingerprint density at radius 2 is 1.88 bits per heavy atom. The van der Waals surface area contributed by atoms with Gasteiger partial charge in [-0.2, -0.15) is 0 Å². The lowest BCUT2D eigenvalue weighted by Gasteiger charge is -2.06. The summed E-state index contributed by atoms with van der Waals surface area (Å²) < 4.78 is 2.13. The molecule has 0 aliphatic heterocycles. The van der Waals surface area contributed by atoms with Gasteiger partial charge in [0.2, 0.25) is 5.91 Å². The van der Waals surface area contributed by atoms with Crippen LogP contribution >= 0.6 is 11.8 Å². The highest BCUT2D eigenvalue weighted by Gasteiger charge is 2.12. The van der Waals surface area contributed by atoms with Gasteiger partial charge in [0.1, 0.15) is 5.82 Å². The number of benzene rings is 2. The molecule has 0 spiro atoms. The fraction of sp³-hybridized carbons (Fsp3) is 0.211. The van der Waals surface area contributed by atoms with Crippen LogP contribution in [0.4, 0.5) is 0 Å². The number of thioether (sulfide) groups is 1. The Hall–Kier alpha value is -2.80. The molecule has 1 amide bonds. The third-order valence-electron chi connectivity index (χ3n) is 4.16. The number of H-pyrrole nitrogens is 1. The predicted molar refractivity (Wildman–Crippen MR) is 104 cm³/mol. The van der Waals surface area contributed by atoms with Crippen LogP contribution in [0.5, 0.6) is 0 Å². The van der Waals surface area contributed by atoms with Gasteiger partial charge in [-0.3, -0.25) is 4.79 Å². The summed E-state index contributed by atoms with van der Waals surface area (Å²) >= 11 is 1.45. The van der Waals surface area contributed by atoms with Gasteiger partial charge in [-0.15, -0.1) is 0 Å². The van der Waals surface area contributed by atoms with Crippen molar-refractivity contribution < 1.29 is 4.79 Å². The number of hydrogen-bond acceptors (Lipinski definition) is 4. The Balaban J connectivity index is 1.38. The molecular formula is C19H19N5OS. The van der Waals surface area contributed by atoms with Crippen LogP contribution in [0.25, 0.3) is 22.1 Å². The number of aromatic nitrogens is 4. The zero-order valence-electron chi connectivity index (χ0n) is 14.4. The van der Waals surface area contributed by atoms with Crippen molar-refractivity contribution in [2.24, 2.45) is 0 Å². The van der Waals surface area contributed by atoms with Crippen molar-refractivity contribution in [3.8, 4) is 0 Å². The normalized spacial score (nSPS) is 11.3. The van der Waals surface area contributed by atoms with Gasteiger partial charge in [-0.25, -0.2) is 9.97 Å². The smallest absolute Gasteiger partial charge is 0.230 e. The third-order valence-corrected chi connectivity index (χ3v) is 5.14. The molecule has 4 aromatic rings. The van der Waals surface area contributed by atoms with Crippen LogP contribution in [-0.2, 0) is 17.9 Å². The maximum absolute atomic E-state index is 12.2. The number of nitrogens with one attached hydrogen (secondary N) is 2. The van der Waals surface area contributed by atoms with Crippen LogP contribution in [0.3, 0.4) is 0 Å². The lowest BCUT2D eigenvalue weighted by atomic mass is 10.3. The number of para-hydroxylation sites is 4. The van der Waals surface area contributed by atoms with Gasteiger partial charge in [-0.1, -0.05) is 36.0 Å². The molecule has 132 valence electrons. The molecule has 0 bridgehead atoms. The molecule has 2 aromatic carbocycles. The van der Waals surface area contributed by atoms with Gasteiger partial charge in [0, 0.05) is 6.54 Å². The Bertz CT molecular complexity index is 1040. The summed E-state index contributed by atoms with van der Waals surface area (Å²) in [5.74, 6) is 1.04.